The lowest BCUT2D eigenvalue weighted by Gasteiger charge is -2.12. The Bertz CT molecular complexity index is 393. The van der Waals surface area contributed by atoms with Gasteiger partial charge in [-0.2, -0.15) is 4.98 Å². The third-order valence-corrected chi connectivity index (χ3v) is 2.18. The van der Waals surface area contributed by atoms with Crippen LogP contribution < -0.4 is 15.8 Å². The van der Waals surface area contributed by atoms with Gasteiger partial charge in [-0.1, -0.05) is 36.4 Å². The second-order valence-electron chi connectivity index (χ2n) is 4.17. The first-order chi connectivity index (χ1) is 7.99. The van der Waals surface area contributed by atoms with Crippen LogP contribution in [0.1, 0.15) is 13.8 Å². The number of ether oxygens (including phenoxy) is 1. The van der Waals surface area contributed by atoms with Crippen molar-refractivity contribution >= 4 is 27.4 Å². The zero-order valence-corrected chi connectivity index (χ0v) is 11.8. The minimum absolute atomic E-state index is 0.440. The van der Waals surface area contributed by atoms with E-state index in [0.717, 1.165) is 10.3 Å². The SMILES string of the molecule is C=C(Br)CNc1ccc(N)c(OCC(C)C)n1. The maximum Gasteiger partial charge on any atom is 0.239 e. The molecule has 94 valence electrons. The van der Waals surface area contributed by atoms with Crippen molar-refractivity contribution in [2.24, 2.45) is 5.92 Å². The number of halogens is 1. The Labute approximate surface area is 110 Å². The van der Waals surface area contributed by atoms with E-state index in [2.05, 4.69) is 46.7 Å². The summed E-state index contributed by atoms with van der Waals surface area (Å²) in [5, 5.41) is 3.11. The highest BCUT2D eigenvalue weighted by Gasteiger charge is 2.05. The van der Waals surface area contributed by atoms with Gasteiger partial charge in [-0.15, -0.1) is 0 Å². The van der Waals surface area contributed by atoms with E-state index in [-0.39, 0.29) is 0 Å². The fourth-order valence-corrected chi connectivity index (χ4v) is 1.24. The molecule has 0 saturated heterocycles. The van der Waals surface area contributed by atoms with Crippen LogP contribution in [-0.2, 0) is 0 Å². The molecule has 4 nitrogen and oxygen atoms in total. The van der Waals surface area contributed by atoms with Crippen LogP contribution in [0, 0.1) is 5.92 Å². The van der Waals surface area contributed by atoms with Gasteiger partial charge in [-0.3, -0.25) is 0 Å². The van der Waals surface area contributed by atoms with E-state index in [9.17, 15) is 0 Å². The lowest BCUT2D eigenvalue weighted by Crippen LogP contribution is -2.09. The maximum absolute atomic E-state index is 5.79. The summed E-state index contributed by atoms with van der Waals surface area (Å²) in [6.45, 7) is 9.11. The molecule has 1 rings (SSSR count). The largest absolute Gasteiger partial charge is 0.476 e. The van der Waals surface area contributed by atoms with Crippen molar-refractivity contribution in [3.63, 3.8) is 0 Å². The van der Waals surface area contributed by atoms with Crippen LogP contribution in [0.4, 0.5) is 11.5 Å². The number of nitrogens with one attached hydrogen (secondary N) is 1. The van der Waals surface area contributed by atoms with Gasteiger partial charge in [0.15, 0.2) is 0 Å². The smallest absolute Gasteiger partial charge is 0.239 e. The van der Waals surface area contributed by atoms with Gasteiger partial charge in [-0.05, 0) is 18.1 Å². The van der Waals surface area contributed by atoms with Crippen LogP contribution >= 0.6 is 15.9 Å². The molecule has 0 fully saturated rings. The molecule has 0 saturated carbocycles. The highest BCUT2D eigenvalue weighted by Crippen LogP contribution is 2.21. The Morgan fingerprint density at radius 1 is 1.59 bits per heavy atom. The van der Waals surface area contributed by atoms with Gasteiger partial charge in [0.05, 0.1) is 12.3 Å². The van der Waals surface area contributed by atoms with Crippen LogP contribution in [-0.4, -0.2) is 18.1 Å². The number of pyridine rings is 1. The quantitative estimate of drug-likeness (QED) is 0.848. The molecule has 0 aliphatic carbocycles. The molecule has 0 aliphatic heterocycles. The number of rotatable bonds is 6. The standard InChI is InChI=1S/C12H18BrN3O/c1-8(2)7-17-12-10(14)4-5-11(16-12)15-6-9(3)13/h4-5,8H,3,6-7,14H2,1-2H3,(H,15,16). The van der Waals surface area contributed by atoms with Crippen molar-refractivity contribution in [3.8, 4) is 5.88 Å². The average Bonchev–Trinajstić information content (AvgIpc) is 2.26. The van der Waals surface area contributed by atoms with Gasteiger partial charge in [0.1, 0.15) is 5.82 Å². The molecule has 0 aliphatic rings. The van der Waals surface area contributed by atoms with Gasteiger partial charge in [0.2, 0.25) is 5.88 Å². The van der Waals surface area contributed by atoms with Gasteiger partial charge in [-0.25, -0.2) is 0 Å². The molecule has 1 aromatic heterocycles. The molecule has 0 unspecified atom stereocenters. The zero-order chi connectivity index (χ0) is 12.8. The van der Waals surface area contributed by atoms with Crippen LogP contribution in [0.25, 0.3) is 0 Å². The van der Waals surface area contributed by atoms with E-state index in [4.69, 9.17) is 10.5 Å². The number of nitrogen functional groups attached to an aromatic ring is 1. The highest BCUT2D eigenvalue weighted by molar-refractivity contribution is 9.11. The third-order valence-electron chi connectivity index (χ3n) is 1.90. The molecule has 1 heterocycles. The summed E-state index contributed by atoms with van der Waals surface area (Å²) in [6, 6.07) is 3.59. The number of nitrogens with zero attached hydrogens (tertiary/aromatic N) is 1. The van der Waals surface area contributed by atoms with Gasteiger partial charge in [0, 0.05) is 11.0 Å². The lowest BCUT2D eigenvalue weighted by molar-refractivity contribution is 0.263. The summed E-state index contributed by atoms with van der Waals surface area (Å²) in [7, 11) is 0. The van der Waals surface area contributed by atoms with E-state index in [1.54, 1.807) is 6.07 Å². The molecule has 0 atom stereocenters. The Kier molecular flexibility index (Phi) is 5.28. The molecule has 0 spiro atoms. The van der Waals surface area contributed by atoms with Crippen LogP contribution in [0.5, 0.6) is 5.88 Å². The molecule has 3 N–H and O–H groups in total. The first-order valence-electron chi connectivity index (χ1n) is 5.45. The summed E-state index contributed by atoms with van der Waals surface area (Å²) in [5.74, 6) is 1.64. The fourth-order valence-electron chi connectivity index (χ4n) is 1.10. The van der Waals surface area contributed by atoms with Crippen LogP contribution in [0.2, 0.25) is 0 Å². The van der Waals surface area contributed by atoms with Crippen molar-refractivity contribution in [1.29, 1.82) is 0 Å². The maximum atomic E-state index is 5.79. The van der Waals surface area contributed by atoms with E-state index < -0.39 is 0 Å². The minimum atomic E-state index is 0.440. The fraction of sp³-hybridized carbons (Fsp3) is 0.417. The second kappa shape index (κ2) is 6.49. The van der Waals surface area contributed by atoms with E-state index >= 15 is 0 Å². The zero-order valence-electron chi connectivity index (χ0n) is 10.2. The number of anilines is 2. The predicted molar refractivity (Wildman–Crippen MR) is 75.5 cm³/mol. The van der Waals surface area contributed by atoms with Gasteiger partial charge < -0.3 is 15.8 Å². The molecule has 0 aromatic carbocycles. The molecule has 0 radical (unpaired) electrons. The monoisotopic (exact) mass is 299 g/mol. The van der Waals surface area contributed by atoms with Crippen molar-refractivity contribution in [2.75, 3.05) is 24.2 Å². The molecule has 17 heavy (non-hydrogen) atoms. The van der Waals surface area contributed by atoms with Gasteiger partial charge in [0.25, 0.3) is 0 Å². The topological polar surface area (TPSA) is 60.2 Å². The predicted octanol–water partition coefficient (Wildman–Crippen LogP) is 3.02. The number of hydrogen-bond donors (Lipinski definition) is 2. The molecule has 0 amide bonds. The Morgan fingerprint density at radius 2 is 2.29 bits per heavy atom. The highest BCUT2D eigenvalue weighted by atomic mass is 79.9. The van der Waals surface area contributed by atoms with Crippen LogP contribution in [0.15, 0.2) is 23.2 Å². The van der Waals surface area contributed by atoms with Gasteiger partial charge >= 0.3 is 0 Å². The number of aromatic nitrogens is 1. The molecule has 0 bridgehead atoms. The summed E-state index contributed by atoms with van der Waals surface area (Å²) >= 11 is 3.27. The first-order valence-corrected chi connectivity index (χ1v) is 6.24. The first kappa shape index (κ1) is 13.8. The average molecular weight is 300 g/mol. The normalized spacial score (nSPS) is 10.4. The Balaban J connectivity index is 2.68. The third kappa shape index (κ3) is 5.08. The molecule has 5 heteroatoms. The van der Waals surface area contributed by atoms with Crippen molar-refractivity contribution in [1.82, 2.24) is 4.98 Å². The van der Waals surface area contributed by atoms with E-state index in [1.807, 2.05) is 6.07 Å². The molecular formula is C12H18BrN3O. The summed E-state index contributed by atoms with van der Waals surface area (Å²) < 4.78 is 6.40. The van der Waals surface area contributed by atoms with Crippen molar-refractivity contribution in [2.45, 2.75) is 13.8 Å². The number of nitrogens with two attached hydrogens (primary N) is 1. The summed E-state index contributed by atoms with van der Waals surface area (Å²) in [6.07, 6.45) is 0. The second-order valence-corrected chi connectivity index (χ2v) is 5.29. The summed E-state index contributed by atoms with van der Waals surface area (Å²) in [5.41, 5.74) is 6.34. The van der Waals surface area contributed by atoms with E-state index in [1.165, 1.54) is 0 Å². The van der Waals surface area contributed by atoms with Crippen LogP contribution in [0.3, 0.4) is 0 Å². The molecule has 1 aromatic rings. The minimum Gasteiger partial charge on any atom is -0.476 e. The Hall–Kier alpha value is -1.23. The lowest BCUT2D eigenvalue weighted by atomic mass is 10.2. The summed E-state index contributed by atoms with van der Waals surface area (Å²) in [4.78, 5) is 4.30. The van der Waals surface area contributed by atoms with E-state index in [0.29, 0.717) is 30.6 Å². The Morgan fingerprint density at radius 3 is 2.88 bits per heavy atom. The van der Waals surface area contributed by atoms with Crippen molar-refractivity contribution in [3.05, 3.63) is 23.2 Å². The number of hydrogen-bond acceptors (Lipinski definition) is 4. The molecular weight excluding hydrogens is 282 g/mol. The van der Waals surface area contributed by atoms with Crippen molar-refractivity contribution < 1.29 is 4.74 Å².